The number of halogens is 1. The van der Waals surface area contributed by atoms with Gasteiger partial charge in [-0.15, -0.1) is 11.8 Å². The summed E-state index contributed by atoms with van der Waals surface area (Å²) in [7, 11) is 0. The second-order valence-corrected chi connectivity index (χ2v) is 8.39. The Bertz CT molecular complexity index is 650. The smallest absolute Gasteiger partial charge is 0.258 e. The number of nitrogens with zero attached hydrogens (tertiary/aromatic N) is 2. The van der Waals surface area contributed by atoms with Crippen LogP contribution in [0.1, 0.15) is 24.9 Å². The van der Waals surface area contributed by atoms with Crippen LogP contribution in [-0.4, -0.2) is 31.5 Å². The molecule has 0 aliphatic carbocycles. The lowest BCUT2D eigenvalue weighted by atomic mass is 10.2. The van der Waals surface area contributed by atoms with Crippen molar-refractivity contribution in [3.63, 3.8) is 0 Å². The Balaban J connectivity index is 1.81. The molecule has 1 saturated heterocycles. The van der Waals surface area contributed by atoms with Crippen molar-refractivity contribution in [3.8, 4) is 17.2 Å². The van der Waals surface area contributed by atoms with Crippen LogP contribution in [0.3, 0.4) is 0 Å². The van der Waals surface area contributed by atoms with Gasteiger partial charge < -0.3 is 9.63 Å². The van der Waals surface area contributed by atoms with Gasteiger partial charge in [-0.2, -0.15) is 16.7 Å². The van der Waals surface area contributed by atoms with Gasteiger partial charge in [-0.25, -0.2) is 0 Å². The summed E-state index contributed by atoms with van der Waals surface area (Å²) in [6, 6.07) is 4.87. The number of aromatic nitrogens is 2. The van der Waals surface area contributed by atoms with Crippen LogP contribution in [-0.2, 0) is 0 Å². The minimum absolute atomic E-state index is 0.0437. The predicted octanol–water partition coefficient (Wildman–Crippen LogP) is 4.39. The monoisotopic (exact) mass is 342 g/mol. The Kier molecular flexibility index (Phi) is 4.38. The summed E-state index contributed by atoms with van der Waals surface area (Å²) >= 11 is 9.74. The lowest BCUT2D eigenvalue weighted by molar-refractivity contribution is 0.422. The number of hydrogen-bond acceptors (Lipinski definition) is 6. The van der Waals surface area contributed by atoms with Gasteiger partial charge in [-0.05, 0) is 18.2 Å². The molecule has 7 heteroatoms. The standard InChI is InChI=1S/C14H15ClN2O2S2/c1-7-8(2)21-12(6-20-7)13-16-14(19-17-13)9-3-4-11(18)10(15)5-9/h3-5,7-8,12,18H,6H2,1-2H3. The highest BCUT2D eigenvalue weighted by Crippen LogP contribution is 2.43. The molecule has 1 aliphatic rings. The van der Waals surface area contributed by atoms with Gasteiger partial charge in [-0.3, -0.25) is 0 Å². The number of hydrogen-bond donors (Lipinski definition) is 1. The van der Waals surface area contributed by atoms with Crippen LogP contribution >= 0.6 is 35.1 Å². The first kappa shape index (κ1) is 15.1. The molecular weight excluding hydrogens is 328 g/mol. The first-order chi connectivity index (χ1) is 10.0. The zero-order valence-electron chi connectivity index (χ0n) is 11.6. The van der Waals surface area contributed by atoms with E-state index >= 15 is 0 Å². The van der Waals surface area contributed by atoms with E-state index in [1.807, 2.05) is 23.5 Å². The maximum Gasteiger partial charge on any atom is 0.258 e. The number of phenols is 1. The highest BCUT2D eigenvalue weighted by molar-refractivity contribution is 8.07. The molecule has 2 aromatic rings. The molecule has 0 saturated carbocycles. The number of aromatic hydroxyl groups is 1. The minimum Gasteiger partial charge on any atom is -0.506 e. The lowest BCUT2D eigenvalue weighted by Gasteiger charge is -2.29. The maximum absolute atomic E-state index is 9.45. The van der Waals surface area contributed by atoms with Crippen molar-refractivity contribution in [2.45, 2.75) is 29.6 Å². The maximum atomic E-state index is 9.45. The van der Waals surface area contributed by atoms with Gasteiger partial charge in [-0.1, -0.05) is 30.6 Å². The lowest BCUT2D eigenvalue weighted by Crippen LogP contribution is -2.22. The van der Waals surface area contributed by atoms with E-state index in [1.54, 1.807) is 12.1 Å². The summed E-state index contributed by atoms with van der Waals surface area (Å²) in [6.07, 6.45) is 0. The van der Waals surface area contributed by atoms with Crippen LogP contribution in [0.15, 0.2) is 22.7 Å². The molecule has 112 valence electrons. The molecule has 3 atom stereocenters. The fraction of sp³-hybridized carbons (Fsp3) is 0.429. The fourth-order valence-electron chi connectivity index (χ4n) is 2.04. The topological polar surface area (TPSA) is 59.2 Å². The third kappa shape index (κ3) is 3.17. The molecular formula is C14H15ClN2O2S2. The third-order valence-electron chi connectivity index (χ3n) is 3.47. The van der Waals surface area contributed by atoms with E-state index in [2.05, 4.69) is 24.0 Å². The van der Waals surface area contributed by atoms with Crippen molar-refractivity contribution in [1.29, 1.82) is 0 Å². The van der Waals surface area contributed by atoms with E-state index < -0.39 is 0 Å². The third-order valence-corrected chi connectivity index (χ3v) is 7.16. The van der Waals surface area contributed by atoms with E-state index in [-0.39, 0.29) is 16.0 Å². The van der Waals surface area contributed by atoms with Crippen molar-refractivity contribution in [3.05, 3.63) is 29.0 Å². The van der Waals surface area contributed by atoms with Gasteiger partial charge in [0.05, 0.1) is 10.3 Å². The Hall–Kier alpha value is -0.850. The molecule has 0 spiro atoms. The number of rotatable bonds is 2. The van der Waals surface area contributed by atoms with Gasteiger partial charge in [0.2, 0.25) is 0 Å². The summed E-state index contributed by atoms with van der Waals surface area (Å²) in [5.74, 6) is 2.20. The Labute approximate surface area is 136 Å². The van der Waals surface area contributed by atoms with E-state index in [4.69, 9.17) is 16.1 Å². The van der Waals surface area contributed by atoms with Gasteiger partial charge in [0.25, 0.3) is 5.89 Å². The van der Waals surface area contributed by atoms with Crippen LogP contribution in [0.4, 0.5) is 0 Å². The molecule has 2 heterocycles. The van der Waals surface area contributed by atoms with Crippen molar-refractivity contribution >= 4 is 35.1 Å². The van der Waals surface area contributed by atoms with Gasteiger partial charge in [0.15, 0.2) is 5.82 Å². The Morgan fingerprint density at radius 2 is 2.14 bits per heavy atom. The average Bonchev–Trinajstić information content (AvgIpc) is 2.94. The average molecular weight is 343 g/mol. The molecule has 3 unspecified atom stereocenters. The molecule has 4 nitrogen and oxygen atoms in total. The quantitative estimate of drug-likeness (QED) is 0.873. The molecule has 0 bridgehead atoms. The highest BCUT2D eigenvalue weighted by Gasteiger charge is 2.30. The van der Waals surface area contributed by atoms with E-state index in [9.17, 15) is 5.11 Å². The van der Waals surface area contributed by atoms with Gasteiger partial charge >= 0.3 is 0 Å². The summed E-state index contributed by atoms with van der Waals surface area (Å²) < 4.78 is 5.34. The summed E-state index contributed by atoms with van der Waals surface area (Å²) in [6.45, 7) is 4.48. The zero-order chi connectivity index (χ0) is 15.0. The van der Waals surface area contributed by atoms with Crippen LogP contribution < -0.4 is 0 Å². The Morgan fingerprint density at radius 3 is 2.86 bits per heavy atom. The fourth-order valence-corrected chi connectivity index (χ4v) is 5.06. The number of benzene rings is 1. The molecule has 21 heavy (non-hydrogen) atoms. The SMILES string of the molecule is CC1SCC(c2noc(-c3ccc(O)c(Cl)c3)n2)SC1C. The molecule has 1 aromatic heterocycles. The van der Waals surface area contributed by atoms with E-state index in [0.717, 1.165) is 11.6 Å². The molecule has 1 aromatic carbocycles. The second kappa shape index (κ2) is 6.10. The molecule has 3 rings (SSSR count). The molecule has 0 radical (unpaired) electrons. The molecule has 1 N–H and O–H groups in total. The molecule has 1 fully saturated rings. The van der Waals surface area contributed by atoms with E-state index in [0.29, 0.717) is 22.0 Å². The number of phenolic OH excluding ortho intramolecular Hbond substituents is 1. The van der Waals surface area contributed by atoms with Crippen LogP contribution in [0.25, 0.3) is 11.5 Å². The summed E-state index contributed by atoms with van der Waals surface area (Å²) in [5.41, 5.74) is 0.714. The number of thioether (sulfide) groups is 2. The minimum atomic E-state index is 0.0437. The van der Waals surface area contributed by atoms with Crippen molar-refractivity contribution in [1.82, 2.24) is 10.1 Å². The zero-order valence-corrected chi connectivity index (χ0v) is 14.0. The summed E-state index contributed by atoms with van der Waals surface area (Å²) in [4.78, 5) is 4.48. The first-order valence-corrected chi connectivity index (χ1v) is 9.01. The van der Waals surface area contributed by atoms with Gasteiger partial charge in [0, 0.05) is 21.8 Å². The summed E-state index contributed by atoms with van der Waals surface area (Å²) in [5, 5.41) is 15.3. The predicted molar refractivity (Wildman–Crippen MR) is 88.1 cm³/mol. The normalized spacial score (nSPS) is 26.0. The van der Waals surface area contributed by atoms with Gasteiger partial charge in [0.1, 0.15) is 5.75 Å². The van der Waals surface area contributed by atoms with Crippen LogP contribution in [0, 0.1) is 0 Å². The largest absolute Gasteiger partial charge is 0.506 e. The second-order valence-electron chi connectivity index (χ2n) is 4.99. The van der Waals surface area contributed by atoms with Crippen LogP contribution in [0.2, 0.25) is 5.02 Å². The van der Waals surface area contributed by atoms with Crippen LogP contribution in [0.5, 0.6) is 5.75 Å². The van der Waals surface area contributed by atoms with Crippen molar-refractivity contribution in [2.75, 3.05) is 5.75 Å². The molecule has 0 amide bonds. The molecule has 1 aliphatic heterocycles. The van der Waals surface area contributed by atoms with Crippen molar-refractivity contribution < 1.29 is 9.63 Å². The highest BCUT2D eigenvalue weighted by atomic mass is 35.5. The Morgan fingerprint density at radius 1 is 1.33 bits per heavy atom. The van der Waals surface area contributed by atoms with Crippen molar-refractivity contribution in [2.24, 2.45) is 0 Å². The van der Waals surface area contributed by atoms with E-state index in [1.165, 1.54) is 6.07 Å². The first-order valence-electron chi connectivity index (χ1n) is 6.64.